The van der Waals surface area contributed by atoms with E-state index in [1.54, 1.807) is 0 Å². The zero-order valence-electron chi connectivity index (χ0n) is 16.8. The molecule has 0 fully saturated rings. The van der Waals surface area contributed by atoms with Gasteiger partial charge in [-0.3, -0.25) is 4.79 Å². The van der Waals surface area contributed by atoms with Gasteiger partial charge in [-0.1, -0.05) is 0 Å². The Kier molecular flexibility index (Phi) is 8.59. The lowest BCUT2D eigenvalue weighted by molar-refractivity contribution is -0.487. The molecule has 0 N–H and O–H groups in total. The second-order valence-electron chi connectivity index (χ2n) is 6.97. The van der Waals surface area contributed by atoms with Crippen molar-refractivity contribution in [3.8, 4) is 0 Å². The molecular formula is C13HF25O2. The van der Waals surface area contributed by atoms with Gasteiger partial charge in [0, 0.05) is 0 Å². The largest absolute Gasteiger partial charge is 0.473 e. The zero-order chi connectivity index (χ0) is 33.4. The third-order valence-electron chi connectivity index (χ3n) is 4.47. The van der Waals surface area contributed by atoms with Crippen molar-refractivity contribution in [3.05, 3.63) is 0 Å². The summed E-state index contributed by atoms with van der Waals surface area (Å²) in [6.07, 6.45) is -15.7. The van der Waals surface area contributed by atoms with Crippen molar-refractivity contribution in [2.45, 2.75) is 71.5 Å². The van der Waals surface area contributed by atoms with Gasteiger partial charge in [-0.15, -0.1) is 0 Å². The van der Waals surface area contributed by atoms with Crippen molar-refractivity contribution in [1.82, 2.24) is 0 Å². The highest BCUT2D eigenvalue weighted by Crippen LogP contribution is 2.67. The van der Waals surface area contributed by atoms with E-state index in [1.807, 2.05) is 4.74 Å². The van der Waals surface area contributed by atoms with Crippen LogP contribution in [0.4, 0.5) is 110 Å². The number of hydrogen-bond acceptors (Lipinski definition) is 2. The molecule has 0 atom stereocenters. The Hall–Kier alpha value is -2.28. The van der Waals surface area contributed by atoms with Crippen LogP contribution >= 0.6 is 0 Å². The third-order valence-corrected chi connectivity index (χ3v) is 4.47. The second kappa shape index (κ2) is 9.11. The van der Waals surface area contributed by atoms with Gasteiger partial charge in [-0.25, -0.2) is 0 Å². The average Bonchev–Trinajstić information content (AvgIpc) is 2.71. The highest BCUT2D eigenvalue weighted by molar-refractivity contribution is 5.38. The summed E-state index contributed by atoms with van der Waals surface area (Å²) in [6.45, 7) is -2.04. The van der Waals surface area contributed by atoms with Crippen molar-refractivity contribution in [2.75, 3.05) is 0 Å². The molecule has 0 aliphatic heterocycles. The first kappa shape index (κ1) is 37.7. The number of carbonyl (C=O) groups excluding carboxylic acids is 1. The van der Waals surface area contributed by atoms with Crippen LogP contribution in [0.1, 0.15) is 0 Å². The van der Waals surface area contributed by atoms with Crippen LogP contribution in [0.25, 0.3) is 0 Å². The van der Waals surface area contributed by atoms with Crippen LogP contribution in [0, 0.1) is 0 Å². The number of ether oxygens (including phenoxy) is 1. The van der Waals surface area contributed by atoms with Crippen molar-refractivity contribution in [2.24, 2.45) is 0 Å². The summed E-state index contributed by atoms with van der Waals surface area (Å²) >= 11 is 0. The Morgan fingerprint density at radius 3 is 0.650 bits per heavy atom. The van der Waals surface area contributed by atoms with Crippen molar-refractivity contribution in [3.63, 3.8) is 0 Å². The summed E-state index contributed by atoms with van der Waals surface area (Å²) in [6, 6.07) is 0. The summed E-state index contributed by atoms with van der Waals surface area (Å²) < 4.78 is 328. The van der Waals surface area contributed by atoms with E-state index in [0.717, 1.165) is 0 Å². The topological polar surface area (TPSA) is 26.3 Å². The van der Waals surface area contributed by atoms with Crippen molar-refractivity contribution < 1.29 is 119 Å². The molecule has 27 heteroatoms. The van der Waals surface area contributed by atoms with Gasteiger partial charge in [-0.05, 0) is 0 Å². The molecule has 240 valence electrons. The minimum Gasteiger partial charge on any atom is -0.398 e. The zero-order valence-corrected chi connectivity index (χ0v) is 16.8. The van der Waals surface area contributed by atoms with E-state index < -0.39 is 78.0 Å². The van der Waals surface area contributed by atoms with Crippen molar-refractivity contribution >= 4 is 6.47 Å². The molecule has 0 aromatic heterocycles. The van der Waals surface area contributed by atoms with Gasteiger partial charge >= 0.3 is 71.5 Å². The maximum Gasteiger partial charge on any atom is 0.473 e. The van der Waals surface area contributed by atoms with Crippen LogP contribution in [-0.2, 0) is 9.53 Å². The molecule has 0 saturated carbocycles. The number of rotatable bonds is 12. The van der Waals surface area contributed by atoms with Crippen LogP contribution in [0.3, 0.4) is 0 Å². The SMILES string of the molecule is O=COC(F)(F)C(F)(F)C(F)(F)C(F)(F)C(F)(F)C(F)(F)C(F)(F)C(F)(F)C(F)(F)C(F)(F)C(F)(F)C(F)(F)F. The Labute approximate surface area is 199 Å². The Bertz CT molecular complexity index is 941. The highest BCUT2D eigenvalue weighted by atomic mass is 19.4. The predicted molar refractivity (Wildman–Crippen MR) is 67.6 cm³/mol. The molecule has 0 rings (SSSR count). The maximum absolute atomic E-state index is 13.5. The first-order valence-corrected chi connectivity index (χ1v) is 8.15. The van der Waals surface area contributed by atoms with E-state index >= 15 is 0 Å². The smallest absolute Gasteiger partial charge is 0.398 e. The number of halogens is 25. The Balaban J connectivity index is 7.32. The van der Waals surface area contributed by atoms with Gasteiger partial charge in [0.05, 0.1) is 0 Å². The Morgan fingerprint density at radius 2 is 0.475 bits per heavy atom. The fraction of sp³-hybridized carbons (Fsp3) is 0.923. The number of carbonyl (C=O) groups is 1. The quantitative estimate of drug-likeness (QED) is 0.158. The molecule has 0 unspecified atom stereocenters. The van der Waals surface area contributed by atoms with Crippen LogP contribution in [0.15, 0.2) is 0 Å². The lowest BCUT2D eigenvalue weighted by atomic mass is 9.85. The maximum atomic E-state index is 13.5. The van der Waals surface area contributed by atoms with Crippen LogP contribution in [0.5, 0.6) is 0 Å². The van der Waals surface area contributed by atoms with E-state index in [0.29, 0.717) is 0 Å². The van der Waals surface area contributed by atoms with E-state index in [1.165, 1.54) is 0 Å². The molecule has 2 nitrogen and oxygen atoms in total. The molecule has 0 saturated heterocycles. The van der Waals surface area contributed by atoms with Gasteiger partial charge in [0.25, 0.3) is 6.47 Å². The molecule has 0 aliphatic rings. The molecule has 0 aromatic carbocycles. The monoisotopic (exact) mass is 664 g/mol. The molecule has 40 heavy (non-hydrogen) atoms. The summed E-state index contributed by atoms with van der Waals surface area (Å²) in [4.78, 5) is 9.57. The predicted octanol–water partition coefficient (Wildman–Crippen LogP) is 7.67. The third kappa shape index (κ3) is 4.24. The normalized spacial score (nSPS) is 16.7. The molecule has 0 bridgehead atoms. The summed E-state index contributed by atoms with van der Waals surface area (Å²) in [5.74, 6) is -92.4. The van der Waals surface area contributed by atoms with Crippen molar-refractivity contribution in [1.29, 1.82) is 0 Å². The first-order chi connectivity index (χ1) is 16.8. The summed E-state index contributed by atoms with van der Waals surface area (Å²) in [5.41, 5.74) is 0. The fourth-order valence-electron chi connectivity index (χ4n) is 2.07. The van der Waals surface area contributed by atoms with E-state index in [4.69, 9.17) is 0 Å². The number of hydrogen-bond donors (Lipinski definition) is 0. The second-order valence-corrected chi connectivity index (χ2v) is 6.97. The molecule has 0 aromatic rings. The van der Waals surface area contributed by atoms with Gasteiger partial charge in [0.15, 0.2) is 0 Å². The van der Waals surface area contributed by atoms with Gasteiger partial charge in [0.1, 0.15) is 0 Å². The van der Waals surface area contributed by atoms with Crippen LogP contribution in [0.2, 0.25) is 0 Å². The Morgan fingerprint density at radius 1 is 0.300 bits per heavy atom. The summed E-state index contributed by atoms with van der Waals surface area (Å²) in [7, 11) is 0. The lowest BCUT2D eigenvalue weighted by Crippen LogP contribution is -2.78. The lowest BCUT2D eigenvalue weighted by Gasteiger charge is -2.45. The molecule has 0 aliphatic carbocycles. The van der Waals surface area contributed by atoms with E-state index in [2.05, 4.69) is 0 Å². The minimum atomic E-state index is -9.64. The molecular weight excluding hydrogens is 663 g/mol. The molecule has 0 radical (unpaired) electrons. The van der Waals surface area contributed by atoms with Gasteiger partial charge in [0.2, 0.25) is 0 Å². The fourth-order valence-corrected chi connectivity index (χ4v) is 2.07. The summed E-state index contributed by atoms with van der Waals surface area (Å²) in [5, 5.41) is 0. The van der Waals surface area contributed by atoms with E-state index in [9.17, 15) is 115 Å². The number of alkyl halides is 25. The van der Waals surface area contributed by atoms with Crippen LogP contribution in [-0.4, -0.2) is 78.0 Å². The highest BCUT2D eigenvalue weighted by Gasteiger charge is 2.99. The van der Waals surface area contributed by atoms with Crippen LogP contribution < -0.4 is 0 Å². The molecule has 0 heterocycles. The molecule has 0 amide bonds. The standard InChI is InChI=1S/C13HF25O2/c14-2(15,4(18,19)6(22,23)8(26,27)10(30,31)12(34,35)36)3(16,17)5(20,21)7(24,25)9(28,29)11(32,33)13(37,38)40-1-39/h1H. The van der Waals surface area contributed by atoms with Gasteiger partial charge in [-0.2, -0.15) is 110 Å². The minimum absolute atomic E-state index is 1.81. The molecule has 0 spiro atoms. The van der Waals surface area contributed by atoms with Gasteiger partial charge < -0.3 is 4.74 Å². The average molecular weight is 664 g/mol. The first-order valence-electron chi connectivity index (χ1n) is 8.15. The van der Waals surface area contributed by atoms with E-state index in [-0.39, 0.29) is 0 Å².